The Labute approximate surface area is 137 Å². The van der Waals surface area contributed by atoms with Gasteiger partial charge in [0.2, 0.25) is 5.91 Å². The van der Waals surface area contributed by atoms with E-state index in [4.69, 9.17) is 0 Å². The normalized spacial score (nSPS) is 24.9. The van der Waals surface area contributed by atoms with Crippen molar-refractivity contribution in [2.75, 3.05) is 25.5 Å². The summed E-state index contributed by atoms with van der Waals surface area (Å²) in [5.74, 6) is 0.206. The van der Waals surface area contributed by atoms with Gasteiger partial charge in [0.1, 0.15) is 0 Å². The first kappa shape index (κ1) is 15.8. The van der Waals surface area contributed by atoms with Crippen LogP contribution < -0.4 is 5.32 Å². The van der Waals surface area contributed by atoms with Crippen molar-refractivity contribution in [1.82, 2.24) is 9.80 Å². The molecule has 2 saturated heterocycles. The third-order valence-electron chi connectivity index (χ3n) is 5.35. The maximum Gasteiger partial charge on any atom is 0.321 e. The summed E-state index contributed by atoms with van der Waals surface area (Å²) in [6, 6.07) is 7.73. The fourth-order valence-corrected chi connectivity index (χ4v) is 3.84. The first-order chi connectivity index (χ1) is 11.0. The number of para-hydroxylation sites is 1. The fourth-order valence-electron chi connectivity index (χ4n) is 3.84. The van der Waals surface area contributed by atoms with Crippen molar-refractivity contribution in [1.29, 1.82) is 0 Å². The van der Waals surface area contributed by atoms with Gasteiger partial charge in [-0.2, -0.15) is 0 Å². The lowest BCUT2D eigenvalue weighted by molar-refractivity contribution is -0.142. The van der Waals surface area contributed by atoms with Crippen molar-refractivity contribution in [2.24, 2.45) is 0 Å². The molecule has 2 aliphatic rings. The van der Waals surface area contributed by atoms with E-state index in [1.807, 2.05) is 48.0 Å². The Morgan fingerprint density at radius 3 is 2.74 bits per heavy atom. The highest BCUT2D eigenvalue weighted by molar-refractivity contribution is 5.90. The minimum absolute atomic E-state index is 0.0650. The van der Waals surface area contributed by atoms with E-state index in [0.717, 1.165) is 43.5 Å². The zero-order chi connectivity index (χ0) is 16.4. The molecule has 5 nitrogen and oxygen atoms in total. The van der Waals surface area contributed by atoms with Crippen LogP contribution in [0.1, 0.15) is 37.7 Å². The summed E-state index contributed by atoms with van der Waals surface area (Å²) < 4.78 is 0. The lowest BCUT2D eigenvalue weighted by Gasteiger charge is -2.50. The molecule has 1 aromatic carbocycles. The van der Waals surface area contributed by atoms with Crippen LogP contribution in [-0.4, -0.2) is 47.4 Å². The van der Waals surface area contributed by atoms with Gasteiger partial charge in [-0.25, -0.2) is 4.79 Å². The standard InChI is InChI=1S/C18H25N3O2/c1-14-7-3-4-8-15(14)19-17(23)21-12-6-11-18(13-21)10-5-9-16(22)20(18)2/h3-4,7-8H,5-6,9-13H2,1-2H3,(H,19,23). The maximum atomic E-state index is 12.6. The number of likely N-dealkylation sites (N-methyl/N-ethyl adjacent to an activating group) is 1. The van der Waals surface area contributed by atoms with Crippen LogP contribution in [0.3, 0.4) is 0 Å². The summed E-state index contributed by atoms with van der Waals surface area (Å²) in [6.45, 7) is 3.37. The largest absolute Gasteiger partial charge is 0.338 e. The van der Waals surface area contributed by atoms with Crippen molar-refractivity contribution in [2.45, 2.75) is 44.6 Å². The third-order valence-corrected chi connectivity index (χ3v) is 5.35. The van der Waals surface area contributed by atoms with E-state index in [9.17, 15) is 9.59 Å². The van der Waals surface area contributed by atoms with Gasteiger partial charge in [0.05, 0.1) is 5.54 Å². The van der Waals surface area contributed by atoms with Crippen LogP contribution >= 0.6 is 0 Å². The number of piperidine rings is 2. The number of likely N-dealkylation sites (tertiary alicyclic amines) is 2. The number of amides is 3. The lowest BCUT2D eigenvalue weighted by Crippen LogP contribution is -2.62. The Morgan fingerprint density at radius 1 is 1.22 bits per heavy atom. The fraction of sp³-hybridized carbons (Fsp3) is 0.556. The smallest absolute Gasteiger partial charge is 0.321 e. The molecule has 0 bridgehead atoms. The number of carbonyl (C=O) groups is 2. The van der Waals surface area contributed by atoms with Crippen LogP contribution in [0.5, 0.6) is 0 Å². The molecule has 1 aromatic rings. The number of hydrogen-bond acceptors (Lipinski definition) is 2. The van der Waals surface area contributed by atoms with Crippen molar-refractivity contribution in [3.63, 3.8) is 0 Å². The number of nitrogens with zero attached hydrogens (tertiary/aromatic N) is 2. The molecule has 3 amide bonds. The molecule has 2 fully saturated rings. The topological polar surface area (TPSA) is 52.7 Å². The Kier molecular flexibility index (Phi) is 4.28. The average molecular weight is 315 g/mol. The van der Waals surface area contributed by atoms with Crippen molar-refractivity contribution in [3.8, 4) is 0 Å². The number of hydrogen-bond donors (Lipinski definition) is 1. The van der Waals surface area contributed by atoms with Crippen LogP contribution in [0, 0.1) is 6.92 Å². The Hall–Kier alpha value is -2.04. The highest BCUT2D eigenvalue weighted by atomic mass is 16.2. The van der Waals surface area contributed by atoms with Gasteiger partial charge in [0, 0.05) is 32.2 Å². The average Bonchev–Trinajstić information content (AvgIpc) is 2.55. The SMILES string of the molecule is Cc1ccccc1NC(=O)N1CCCC2(CCCC(=O)N2C)C1. The highest BCUT2D eigenvalue weighted by Crippen LogP contribution is 2.35. The molecule has 1 N–H and O–H groups in total. The van der Waals surface area contributed by atoms with Crippen molar-refractivity contribution >= 4 is 17.6 Å². The first-order valence-electron chi connectivity index (χ1n) is 8.40. The van der Waals surface area contributed by atoms with Gasteiger partial charge in [-0.1, -0.05) is 18.2 Å². The second kappa shape index (κ2) is 6.22. The number of aryl methyl sites for hydroxylation is 1. The maximum absolute atomic E-state index is 12.6. The Balaban J connectivity index is 1.72. The summed E-state index contributed by atoms with van der Waals surface area (Å²) >= 11 is 0. The minimum Gasteiger partial charge on any atom is -0.338 e. The molecule has 23 heavy (non-hydrogen) atoms. The van der Waals surface area contributed by atoms with Crippen LogP contribution in [0.2, 0.25) is 0 Å². The lowest BCUT2D eigenvalue weighted by atomic mass is 9.80. The van der Waals surface area contributed by atoms with Gasteiger partial charge in [0.15, 0.2) is 0 Å². The van der Waals surface area contributed by atoms with Gasteiger partial charge in [-0.05, 0) is 44.2 Å². The molecule has 2 heterocycles. The van der Waals surface area contributed by atoms with Gasteiger partial charge >= 0.3 is 6.03 Å². The van der Waals surface area contributed by atoms with Crippen LogP contribution in [0.25, 0.3) is 0 Å². The quantitative estimate of drug-likeness (QED) is 0.866. The van der Waals surface area contributed by atoms with E-state index in [2.05, 4.69) is 5.32 Å². The molecule has 124 valence electrons. The number of urea groups is 1. The first-order valence-corrected chi connectivity index (χ1v) is 8.40. The van der Waals surface area contributed by atoms with Crippen LogP contribution in [-0.2, 0) is 4.79 Å². The molecular weight excluding hydrogens is 290 g/mol. The monoisotopic (exact) mass is 315 g/mol. The van der Waals surface area contributed by atoms with Gasteiger partial charge < -0.3 is 15.1 Å². The molecule has 0 aliphatic carbocycles. The summed E-state index contributed by atoms with van der Waals surface area (Å²) in [7, 11) is 1.89. The number of rotatable bonds is 1. The van der Waals surface area contributed by atoms with E-state index >= 15 is 0 Å². The summed E-state index contributed by atoms with van der Waals surface area (Å²) in [5, 5.41) is 3.01. The summed E-state index contributed by atoms with van der Waals surface area (Å²) in [6.07, 6.45) is 4.48. The Morgan fingerprint density at radius 2 is 1.96 bits per heavy atom. The molecule has 0 radical (unpaired) electrons. The van der Waals surface area contributed by atoms with E-state index in [1.54, 1.807) is 0 Å². The predicted molar refractivity (Wildman–Crippen MR) is 90.4 cm³/mol. The van der Waals surface area contributed by atoms with Gasteiger partial charge in [0.25, 0.3) is 0 Å². The highest BCUT2D eigenvalue weighted by Gasteiger charge is 2.44. The van der Waals surface area contributed by atoms with E-state index in [-0.39, 0.29) is 17.5 Å². The number of benzene rings is 1. The van der Waals surface area contributed by atoms with Crippen molar-refractivity contribution < 1.29 is 9.59 Å². The van der Waals surface area contributed by atoms with E-state index in [0.29, 0.717) is 13.0 Å². The molecule has 1 atom stereocenters. The molecule has 1 unspecified atom stereocenters. The molecule has 1 spiro atoms. The molecule has 0 saturated carbocycles. The number of carbonyl (C=O) groups excluding carboxylic acids is 2. The number of anilines is 1. The molecule has 2 aliphatic heterocycles. The second-order valence-corrected chi connectivity index (χ2v) is 6.80. The van der Waals surface area contributed by atoms with Crippen LogP contribution in [0.4, 0.5) is 10.5 Å². The second-order valence-electron chi connectivity index (χ2n) is 6.80. The van der Waals surface area contributed by atoms with Crippen LogP contribution in [0.15, 0.2) is 24.3 Å². The van der Waals surface area contributed by atoms with Gasteiger partial charge in [-0.15, -0.1) is 0 Å². The molecular formula is C18H25N3O2. The van der Waals surface area contributed by atoms with Crippen molar-refractivity contribution in [3.05, 3.63) is 29.8 Å². The summed E-state index contributed by atoms with van der Waals surface area (Å²) in [5.41, 5.74) is 1.74. The predicted octanol–water partition coefficient (Wildman–Crippen LogP) is 3.00. The summed E-state index contributed by atoms with van der Waals surface area (Å²) in [4.78, 5) is 28.5. The van der Waals surface area contributed by atoms with E-state index < -0.39 is 0 Å². The van der Waals surface area contributed by atoms with Gasteiger partial charge in [-0.3, -0.25) is 4.79 Å². The Bertz CT molecular complexity index is 612. The molecule has 0 aromatic heterocycles. The number of nitrogens with one attached hydrogen (secondary N) is 1. The van der Waals surface area contributed by atoms with E-state index in [1.165, 1.54) is 0 Å². The zero-order valence-corrected chi connectivity index (χ0v) is 14.0. The third kappa shape index (κ3) is 3.05. The molecule has 3 rings (SSSR count). The zero-order valence-electron chi connectivity index (χ0n) is 14.0. The molecule has 5 heteroatoms. The minimum atomic E-state index is -0.170.